The Morgan fingerprint density at radius 3 is 2.68 bits per heavy atom. The summed E-state index contributed by atoms with van der Waals surface area (Å²) in [6.07, 6.45) is -0.113. The minimum absolute atomic E-state index is 0.113. The third-order valence-electron chi connectivity index (χ3n) is 3.21. The summed E-state index contributed by atoms with van der Waals surface area (Å²) in [5.41, 5.74) is 0.198. The van der Waals surface area contributed by atoms with Gasteiger partial charge in [-0.3, -0.25) is 9.59 Å². The fourth-order valence-electron chi connectivity index (χ4n) is 1.89. The molecule has 116 valence electrons. The zero-order valence-corrected chi connectivity index (χ0v) is 12.6. The molecule has 0 saturated carbocycles. The number of tetrazole rings is 1. The first-order chi connectivity index (χ1) is 10.3. The van der Waals surface area contributed by atoms with Crippen LogP contribution in [0, 0.1) is 5.41 Å². The van der Waals surface area contributed by atoms with Gasteiger partial charge in [-0.2, -0.15) is 0 Å². The standard InChI is InChI=1S/C14H17N5O3/c1-14(2,13(21)22)8-11(20)15-10-6-4-5-9(7-10)12-16-17-18-19(12)3/h4-7H,8H2,1-3H3,(H,15,20)(H,21,22). The molecule has 0 aliphatic rings. The summed E-state index contributed by atoms with van der Waals surface area (Å²) in [4.78, 5) is 23.0. The second-order valence-corrected chi connectivity index (χ2v) is 5.62. The van der Waals surface area contributed by atoms with Crippen LogP contribution >= 0.6 is 0 Å². The van der Waals surface area contributed by atoms with Crippen molar-refractivity contribution in [2.24, 2.45) is 12.5 Å². The molecule has 8 heteroatoms. The van der Waals surface area contributed by atoms with Crippen molar-refractivity contribution in [1.82, 2.24) is 20.2 Å². The molecule has 0 aliphatic carbocycles. The largest absolute Gasteiger partial charge is 0.481 e. The number of hydrogen-bond acceptors (Lipinski definition) is 5. The van der Waals surface area contributed by atoms with Gasteiger partial charge in [0.2, 0.25) is 5.91 Å². The number of aryl methyl sites for hydroxylation is 1. The molecule has 8 nitrogen and oxygen atoms in total. The lowest BCUT2D eigenvalue weighted by Gasteiger charge is -2.18. The summed E-state index contributed by atoms with van der Waals surface area (Å²) in [6, 6.07) is 7.04. The van der Waals surface area contributed by atoms with Crippen LogP contribution in [0.5, 0.6) is 0 Å². The average Bonchev–Trinajstić information content (AvgIpc) is 2.84. The number of carboxylic acid groups (broad SMARTS) is 1. The van der Waals surface area contributed by atoms with E-state index in [-0.39, 0.29) is 12.3 Å². The second-order valence-electron chi connectivity index (χ2n) is 5.62. The summed E-state index contributed by atoms with van der Waals surface area (Å²) in [5.74, 6) is -0.802. The average molecular weight is 303 g/mol. The number of carbonyl (C=O) groups is 2. The molecule has 0 unspecified atom stereocenters. The molecule has 0 atom stereocenters. The lowest BCUT2D eigenvalue weighted by Crippen LogP contribution is -2.29. The van der Waals surface area contributed by atoms with Crippen LogP contribution in [-0.2, 0) is 16.6 Å². The van der Waals surface area contributed by atoms with Gasteiger partial charge in [0.1, 0.15) is 0 Å². The quantitative estimate of drug-likeness (QED) is 0.862. The van der Waals surface area contributed by atoms with Gasteiger partial charge >= 0.3 is 5.97 Å². The van der Waals surface area contributed by atoms with Crippen molar-refractivity contribution in [3.05, 3.63) is 24.3 Å². The van der Waals surface area contributed by atoms with E-state index >= 15 is 0 Å². The third kappa shape index (κ3) is 3.46. The van der Waals surface area contributed by atoms with E-state index in [0.29, 0.717) is 11.5 Å². The van der Waals surface area contributed by atoms with Crippen molar-refractivity contribution in [3.8, 4) is 11.4 Å². The van der Waals surface area contributed by atoms with Gasteiger partial charge in [0.15, 0.2) is 5.82 Å². The number of rotatable bonds is 5. The lowest BCUT2D eigenvalue weighted by atomic mass is 9.89. The van der Waals surface area contributed by atoms with Gasteiger partial charge in [-0.05, 0) is 36.4 Å². The van der Waals surface area contributed by atoms with Crippen LogP contribution in [0.15, 0.2) is 24.3 Å². The van der Waals surface area contributed by atoms with Crippen LogP contribution in [0.25, 0.3) is 11.4 Å². The highest BCUT2D eigenvalue weighted by atomic mass is 16.4. The van der Waals surface area contributed by atoms with E-state index in [9.17, 15) is 9.59 Å². The van der Waals surface area contributed by atoms with E-state index in [0.717, 1.165) is 5.56 Å². The first-order valence-corrected chi connectivity index (χ1v) is 6.65. The molecule has 2 rings (SSSR count). The number of benzene rings is 1. The fourth-order valence-corrected chi connectivity index (χ4v) is 1.89. The number of nitrogens with one attached hydrogen (secondary N) is 1. The van der Waals surface area contributed by atoms with Gasteiger partial charge in [-0.1, -0.05) is 12.1 Å². The molecule has 2 N–H and O–H groups in total. The van der Waals surface area contributed by atoms with E-state index in [1.54, 1.807) is 25.2 Å². The Morgan fingerprint density at radius 2 is 2.09 bits per heavy atom. The van der Waals surface area contributed by atoms with Gasteiger partial charge in [0, 0.05) is 24.7 Å². The van der Waals surface area contributed by atoms with E-state index in [2.05, 4.69) is 20.8 Å². The summed E-state index contributed by atoms with van der Waals surface area (Å²) in [5, 5.41) is 23.0. The molecule has 0 bridgehead atoms. The lowest BCUT2D eigenvalue weighted by molar-refractivity contribution is -0.148. The zero-order chi connectivity index (χ0) is 16.3. The number of amides is 1. The van der Waals surface area contributed by atoms with E-state index in [1.165, 1.54) is 18.5 Å². The van der Waals surface area contributed by atoms with Crippen LogP contribution < -0.4 is 5.32 Å². The number of hydrogen-bond donors (Lipinski definition) is 2. The number of carbonyl (C=O) groups excluding carboxylic acids is 1. The zero-order valence-electron chi connectivity index (χ0n) is 12.6. The molecule has 22 heavy (non-hydrogen) atoms. The van der Waals surface area contributed by atoms with E-state index < -0.39 is 11.4 Å². The van der Waals surface area contributed by atoms with Crippen LogP contribution in [0.1, 0.15) is 20.3 Å². The van der Waals surface area contributed by atoms with Crippen molar-refractivity contribution in [3.63, 3.8) is 0 Å². The molecule has 0 aliphatic heterocycles. The Kier molecular flexibility index (Phi) is 4.20. The first-order valence-electron chi connectivity index (χ1n) is 6.65. The Balaban J connectivity index is 2.13. The molecule has 0 fully saturated rings. The third-order valence-corrected chi connectivity index (χ3v) is 3.21. The smallest absolute Gasteiger partial charge is 0.309 e. The number of aromatic nitrogens is 4. The van der Waals surface area contributed by atoms with Gasteiger partial charge < -0.3 is 10.4 Å². The Labute approximate surface area is 127 Å². The topological polar surface area (TPSA) is 110 Å². The molecular weight excluding hydrogens is 286 g/mol. The van der Waals surface area contributed by atoms with Crippen molar-refractivity contribution < 1.29 is 14.7 Å². The molecule has 1 aromatic carbocycles. The molecule has 0 spiro atoms. The summed E-state index contributed by atoms with van der Waals surface area (Å²) >= 11 is 0. The van der Waals surface area contributed by atoms with Crippen molar-refractivity contribution in [1.29, 1.82) is 0 Å². The molecule has 1 aromatic heterocycles. The molecular formula is C14H17N5O3. The second kappa shape index (κ2) is 5.92. The summed E-state index contributed by atoms with van der Waals surface area (Å²) < 4.78 is 1.52. The minimum Gasteiger partial charge on any atom is -0.481 e. The predicted molar refractivity (Wildman–Crippen MR) is 78.9 cm³/mol. The Morgan fingerprint density at radius 1 is 1.36 bits per heavy atom. The summed E-state index contributed by atoms with van der Waals surface area (Å²) in [7, 11) is 1.72. The number of carboxylic acids is 1. The van der Waals surface area contributed by atoms with Crippen molar-refractivity contribution in [2.75, 3.05) is 5.32 Å². The van der Waals surface area contributed by atoms with Crippen LogP contribution in [0.2, 0.25) is 0 Å². The van der Waals surface area contributed by atoms with Crippen LogP contribution in [-0.4, -0.2) is 37.2 Å². The molecule has 0 saturated heterocycles. The fraction of sp³-hybridized carbons (Fsp3) is 0.357. The molecule has 1 amide bonds. The monoisotopic (exact) mass is 303 g/mol. The summed E-state index contributed by atoms with van der Waals surface area (Å²) in [6.45, 7) is 3.02. The Bertz CT molecular complexity index is 708. The maximum Gasteiger partial charge on any atom is 0.309 e. The predicted octanol–water partition coefficient (Wildman–Crippen LogP) is 1.32. The van der Waals surface area contributed by atoms with Crippen LogP contribution in [0.3, 0.4) is 0 Å². The van der Waals surface area contributed by atoms with Gasteiger partial charge in [-0.15, -0.1) is 5.10 Å². The SMILES string of the molecule is Cn1nnnc1-c1cccc(NC(=O)CC(C)(C)C(=O)O)c1. The highest BCUT2D eigenvalue weighted by molar-refractivity contribution is 5.94. The normalized spacial score (nSPS) is 11.2. The van der Waals surface area contributed by atoms with Gasteiger partial charge in [-0.25, -0.2) is 4.68 Å². The molecule has 1 heterocycles. The van der Waals surface area contributed by atoms with E-state index in [1.807, 2.05) is 6.07 Å². The maximum absolute atomic E-state index is 12.0. The first kappa shape index (κ1) is 15.6. The number of nitrogens with zero attached hydrogens (tertiary/aromatic N) is 4. The van der Waals surface area contributed by atoms with E-state index in [4.69, 9.17) is 5.11 Å². The van der Waals surface area contributed by atoms with Crippen molar-refractivity contribution >= 4 is 17.6 Å². The van der Waals surface area contributed by atoms with Crippen LogP contribution in [0.4, 0.5) is 5.69 Å². The number of anilines is 1. The van der Waals surface area contributed by atoms with Gasteiger partial charge in [0.25, 0.3) is 0 Å². The molecule has 2 aromatic rings. The Hall–Kier alpha value is -2.77. The number of aliphatic carboxylic acids is 1. The maximum atomic E-state index is 12.0. The van der Waals surface area contributed by atoms with Crippen molar-refractivity contribution in [2.45, 2.75) is 20.3 Å². The highest BCUT2D eigenvalue weighted by Gasteiger charge is 2.30. The highest BCUT2D eigenvalue weighted by Crippen LogP contribution is 2.23. The minimum atomic E-state index is -1.12. The van der Waals surface area contributed by atoms with Gasteiger partial charge in [0.05, 0.1) is 5.41 Å². The molecule has 0 radical (unpaired) electrons.